The number of nitrogens with one attached hydrogen (secondary N) is 1. The number of aryl methyl sites for hydroxylation is 1. The minimum absolute atomic E-state index is 0.0790. The highest BCUT2D eigenvalue weighted by atomic mass is 16.2. The van der Waals surface area contributed by atoms with E-state index >= 15 is 0 Å². The van der Waals surface area contributed by atoms with Crippen LogP contribution in [0.25, 0.3) is 0 Å². The third kappa shape index (κ3) is 5.58. The van der Waals surface area contributed by atoms with Crippen LogP contribution in [0.2, 0.25) is 0 Å². The molecule has 0 atom stereocenters. The summed E-state index contributed by atoms with van der Waals surface area (Å²) in [6.45, 7) is 2.28. The van der Waals surface area contributed by atoms with E-state index in [0.29, 0.717) is 12.3 Å². The molecular weight excluding hydrogens is 290 g/mol. The highest BCUT2D eigenvalue weighted by molar-refractivity contribution is 5.76. The van der Waals surface area contributed by atoms with Crippen molar-refractivity contribution >= 4 is 11.9 Å². The molecule has 1 N–H and O–H groups in total. The summed E-state index contributed by atoms with van der Waals surface area (Å²) in [6.07, 6.45) is 3.22. The molecule has 0 unspecified atom stereocenters. The summed E-state index contributed by atoms with van der Waals surface area (Å²) in [5.74, 6) is 0.586. The molecule has 126 valence electrons. The normalized spacial score (nSPS) is 15.3. The van der Waals surface area contributed by atoms with Gasteiger partial charge in [0.05, 0.1) is 0 Å². The number of hydrogen-bond donors (Lipinski definition) is 1. The van der Waals surface area contributed by atoms with Crippen LogP contribution in [0.4, 0.5) is 4.79 Å². The third-order valence-electron chi connectivity index (χ3n) is 4.34. The van der Waals surface area contributed by atoms with Crippen LogP contribution in [0.15, 0.2) is 30.3 Å². The van der Waals surface area contributed by atoms with Crippen LogP contribution in [0.3, 0.4) is 0 Å². The first kappa shape index (κ1) is 17.3. The molecule has 23 heavy (non-hydrogen) atoms. The number of amides is 3. The van der Waals surface area contributed by atoms with Crippen LogP contribution in [-0.2, 0) is 11.2 Å². The predicted molar refractivity (Wildman–Crippen MR) is 91.2 cm³/mol. The molecule has 1 aromatic carbocycles. The number of benzene rings is 1. The van der Waals surface area contributed by atoms with Crippen molar-refractivity contribution in [1.82, 2.24) is 15.1 Å². The van der Waals surface area contributed by atoms with Crippen molar-refractivity contribution in [1.29, 1.82) is 0 Å². The fraction of sp³-hybridized carbons (Fsp3) is 0.556. The molecule has 1 aliphatic heterocycles. The third-order valence-corrected chi connectivity index (χ3v) is 4.34. The monoisotopic (exact) mass is 317 g/mol. The Hall–Kier alpha value is -2.04. The SMILES string of the molecule is CN(C)C(=O)N1CCC(CNC(=O)CCc2ccccc2)CC1. The molecule has 0 radical (unpaired) electrons. The molecule has 5 nitrogen and oxygen atoms in total. The molecule has 5 heteroatoms. The van der Waals surface area contributed by atoms with Crippen LogP contribution < -0.4 is 5.32 Å². The van der Waals surface area contributed by atoms with Gasteiger partial charge in [0.2, 0.25) is 5.91 Å². The van der Waals surface area contributed by atoms with Crippen LogP contribution in [0.1, 0.15) is 24.8 Å². The lowest BCUT2D eigenvalue weighted by atomic mass is 9.97. The van der Waals surface area contributed by atoms with Crippen LogP contribution in [0.5, 0.6) is 0 Å². The molecule has 1 aliphatic rings. The highest BCUT2D eigenvalue weighted by Crippen LogP contribution is 2.17. The van der Waals surface area contributed by atoms with Crippen molar-refractivity contribution in [3.05, 3.63) is 35.9 Å². The predicted octanol–water partition coefficient (Wildman–Crippen LogP) is 2.13. The van der Waals surface area contributed by atoms with E-state index in [0.717, 1.165) is 38.9 Å². The van der Waals surface area contributed by atoms with Crippen LogP contribution in [0, 0.1) is 5.92 Å². The molecule has 0 bridgehead atoms. The summed E-state index contributed by atoms with van der Waals surface area (Å²) in [6, 6.07) is 10.1. The van der Waals surface area contributed by atoms with E-state index in [-0.39, 0.29) is 11.9 Å². The molecule has 1 fully saturated rings. The molecule has 0 aromatic heterocycles. The molecule has 1 heterocycles. The van der Waals surface area contributed by atoms with Gasteiger partial charge in [0.15, 0.2) is 0 Å². The van der Waals surface area contributed by atoms with Gasteiger partial charge in [0, 0.05) is 40.2 Å². The fourth-order valence-corrected chi connectivity index (χ4v) is 2.86. The van der Waals surface area contributed by atoms with Gasteiger partial charge in [-0.2, -0.15) is 0 Å². The zero-order chi connectivity index (χ0) is 16.7. The van der Waals surface area contributed by atoms with Crippen molar-refractivity contribution in [3.63, 3.8) is 0 Å². The van der Waals surface area contributed by atoms with Gasteiger partial charge in [0.25, 0.3) is 0 Å². The van der Waals surface area contributed by atoms with Crippen molar-refractivity contribution < 1.29 is 9.59 Å². The number of hydrogen-bond acceptors (Lipinski definition) is 2. The Morgan fingerprint density at radius 1 is 1.17 bits per heavy atom. The van der Waals surface area contributed by atoms with Gasteiger partial charge in [-0.05, 0) is 30.7 Å². The van der Waals surface area contributed by atoms with Gasteiger partial charge in [-0.1, -0.05) is 30.3 Å². The second-order valence-electron chi connectivity index (χ2n) is 6.40. The number of likely N-dealkylation sites (tertiary alicyclic amines) is 1. The Bertz CT molecular complexity index is 508. The molecule has 1 saturated heterocycles. The Kier molecular flexibility index (Phi) is 6.44. The maximum absolute atomic E-state index is 11.9. The molecule has 3 amide bonds. The fourth-order valence-electron chi connectivity index (χ4n) is 2.86. The van der Waals surface area contributed by atoms with E-state index < -0.39 is 0 Å². The molecule has 0 spiro atoms. The summed E-state index contributed by atoms with van der Waals surface area (Å²) in [5.41, 5.74) is 1.19. The Morgan fingerprint density at radius 2 is 1.83 bits per heavy atom. The molecule has 0 saturated carbocycles. The number of piperidine rings is 1. The average Bonchev–Trinajstić information content (AvgIpc) is 2.58. The van der Waals surface area contributed by atoms with E-state index in [4.69, 9.17) is 0 Å². The molecule has 2 rings (SSSR count). The Balaban J connectivity index is 1.63. The highest BCUT2D eigenvalue weighted by Gasteiger charge is 2.23. The zero-order valence-electron chi connectivity index (χ0n) is 14.1. The van der Waals surface area contributed by atoms with Crippen molar-refractivity contribution in [3.8, 4) is 0 Å². The van der Waals surface area contributed by atoms with Gasteiger partial charge >= 0.3 is 6.03 Å². The van der Waals surface area contributed by atoms with Crippen molar-refractivity contribution in [2.24, 2.45) is 5.92 Å². The maximum Gasteiger partial charge on any atom is 0.319 e. The van der Waals surface area contributed by atoms with Crippen molar-refractivity contribution in [2.75, 3.05) is 33.7 Å². The van der Waals surface area contributed by atoms with E-state index in [9.17, 15) is 9.59 Å². The number of carbonyl (C=O) groups excluding carboxylic acids is 2. The summed E-state index contributed by atoms with van der Waals surface area (Å²) < 4.78 is 0. The Labute approximate surface area is 138 Å². The second kappa shape index (κ2) is 8.56. The number of carbonyl (C=O) groups is 2. The maximum atomic E-state index is 11.9. The minimum atomic E-state index is 0.0790. The topological polar surface area (TPSA) is 52.7 Å². The largest absolute Gasteiger partial charge is 0.356 e. The van der Waals surface area contributed by atoms with Crippen LogP contribution in [-0.4, -0.2) is 55.5 Å². The first-order valence-corrected chi connectivity index (χ1v) is 8.33. The lowest BCUT2D eigenvalue weighted by molar-refractivity contribution is -0.121. The van der Waals surface area contributed by atoms with E-state index in [1.165, 1.54) is 5.56 Å². The van der Waals surface area contributed by atoms with Gasteiger partial charge in [-0.25, -0.2) is 4.79 Å². The first-order valence-electron chi connectivity index (χ1n) is 8.33. The summed E-state index contributed by atoms with van der Waals surface area (Å²) >= 11 is 0. The van der Waals surface area contributed by atoms with Gasteiger partial charge in [0.1, 0.15) is 0 Å². The van der Waals surface area contributed by atoms with Gasteiger partial charge in [-0.15, -0.1) is 0 Å². The molecule has 0 aliphatic carbocycles. The molecular formula is C18H27N3O2. The number of urea groups is 1. The van der Waals surface area contributed by atoms with Gasteiger partial charge in [-0.3, -0.25) is 4.79 Å². The van der Waals surface area contributed by atoms with E-state index in [1.54, 1.807) is 19.0 Å². The summed E-state index contributed by atoms with van der Waals surface area (Å²) in [5, 5.41) is 3.04. The second-order valence-corrected chi connectivity index (χ2v) is 6.40. The van der Waals surface area contributed by atoms with Crippen LogP contribution >= 0.6 is 0 Å². The smallest absolute Gasteiger partial charge is 0.319 e. The lowest BCUT2D eigenvalue weighted by Crippen LogP contribution is -2.45. The summed E-state index contributed by atoms with van der Waals surface area (Å²) in [7, 11) is 3.56. The first-order chi connectivity index (χ1) is 11.1. The lowest BCUT2D eigenvalue weighted by Gasteiger charge is -2.33. The number of rotatable bonds is 5. The zero-order valence-corrected chi connectivity index (χ0v) is 14.1. The molecule has 1 aromatic rings. The van der Waals surface area contributed by atoms with E-state index in [2.05, 4.69) is 5.32 Å². The van der Waals surface area contributed by atoms with Gasteiger partial charge < -0.3 is 15.1 Å². The minimum Gasteiger partial charge on any atom is -0.356 e. The van der Waals surface area contributed by atoms with Crippen molar-refractivity contribution in [2.45, 2.75) is 25.7 Å². The number of nitrogens with zero attached hydrogens (tertiary/aromatic N) is 2. The standard InChI is InChI=1S/C18H27N3O2/c1-20(2)18(23)21-12-10-16(11-13-21)14-19-17(22)9-8-15-6-4-3-5-7-15/h3-7,16H,8-14H2,1-2H3,(H,19,22). The van der Waals surface area contributed by atoms with E-state index in [1.807, 2.05) is 35.2 Å². The Morgan fingerprint density at radius 3 is 2.43 bits per heavy atom. The quantitative estimate of drug-likeness (QED) is 0.904. The summed E-state index contributed by atoms with van der Waals surface area (Å²) in [4.78, 5) is 27.3. The average molecular weight is 317 g/mol.